The van der Waals surface area contributed by atoms with Crippen molar-refractivity contribution in [2.75, 3.05) is 0 Å². The average molecular weight is 347 g/mol. The molecule has 1 aromatic heterocycles. The molecule has 0 aliphatic heterocycles. The summed E-state index contributed by atoms with van der Waals surface area (Å²) in [5.74, 6) is 0.406. The van der Waals surface area contributed by atoms with E-state index in [0.29, 0.717) is 17.2 Å². The van der Waals surface area contributed by atoms with Crippen LogP contribution in [0.4, 0.5) is 0 Å². The number of nitrogens with one attached hydrogen (secondary N) is 1. The van der Waals surface area contributed by atoms with Crippen LogP contribution in [0.15, 0.2) is 18.3 Å². The van der Waals surface area contributed by atoms with Crippen molar-refractivity contribution in [1.29, 1.82) is 0 Å². The smallest absolute Gasteiger partial charge is 0.138 e. The predicted octanol–water partition coefficient (Wildman–Crippen LogP) is 4.57. The summed E-state index contributed by atoms with van der Waals surface area (Å²) >= 11 is 6.25. The molecule has 5 rings (SSSR count). The summed E-state index contributed by atoms with van der Waals surface area (Å²) in [7, 11) is 0. The molecule has 24 heavy (non-hydrogen) atoms. The zero-order chi connectivity index (χ0) is 16.9. The molecule has 1 atom stereocenters. The molecule has 0 radical (unpaired) electrons. The number of carbonyl (C=O) groups excluding carboxylic acids is 1. The molecule has 4 nitrogen and oxygen atoms in total. The van der Waals surface area contributed by atoms with E-state index in [4.69, 9.17) is 11.6 Å². The summed E-state index contributed by atoms with van der Waals surface area (Å²) in [4.78, 5) is 12.4. The molecule has 1 aromatic carbocycles. The lowest BCUT2D eigenvalue weighted by Gasteiger charge is -2.54. The molecule has 1 heterocycles. The number of aromatic nitrogens is 2. The fraction of sp³-hybridized carbons (Fsp3) is 0.579. The highest BCUT2D eigenvalue weighted by molar-refractivity contribution is 6.31. The standard InChI is InChI=1S/C19H23ClN2O2/c1-2-15(23)18-3-6-19(7-4-18,8-5-18)17(24)14-10-13(20)9-12-11-21-22-16(12)14/h9-11,17,24H,2-8H2,1H3,(H,21,22). The first-order chi connectivity index (χ1) is 11.5. The highest BCUT2D eigenvalue weighted by Crippen LogP contribution is 2.62. The van der Waals surface area contributed by atoms with Gasteiger partial charge in [-0.3, -0.25) is 9.89 Å². The van der Waals surface area contributed by atoms with E-state index >= 15 is 0 Å². The van der Waals surface area contributed by atoms with Crippen molar-refractivity contribution in [2.24, 2.45) is 10.8 Å². The van der Waals surface area contributed by atoms with Gasteiger partial charge in [0.15, 0.2) is 0 Å². The lowest BCUT2D eigenvalue weighted by Crippen LogP contribution is -2.48. The molecule has 3 saturated carbocycles. The van der Waals surface area contributed by atoms with E-state index in [-0.39, 0.29) is 10.8 Å². The molecule has 2 bridgehead atoms. The first-order valence-corrected chi connectivity index (χ1v) is 9.21. The van der Waals surface area contributed by atoms with E-state index in [1.165, 1.54) is 0 Å². The number of ketones is 1. The van der Waals surface area contributed by atoms with E-state index in [1.54, 1.807) is 6.20 Å². The Bertz CT molecular complexity index is 773. The van der Waals surface area contributed by atoms with Crippen molar-refractivity contribution in [3.8, 4) is 0 Å². The van der Waals surface area contributed by atoms with Gasteiger partial charge >= 0.3 is 0 Å². The molecule has 0 saturated heterocycles. The monoisotopic (exact) mass is 346 g/mol. The second-order valence-corrected chi connectivity index (χ2v) is 8.09. The number of aliphatic hydroxyl groups excluding tert-OH is 1. The van der Waals surface area contributed by atoms with Crippen molar-refractivity contribution < 1.29 is 9.90 Å². The highest BCUT2D eigenvalue weighted by Gasteiger charge is 2.54. The second-order valence-electron chi connectivity index (χ2n) is 7.65. The Balaban J connectivity index is 1.67. The minimum atomic E-state index is -0.575. The Morgan fingerprint density at radius 1 is 1.29 bits per heavy atom. The first-order valence-electron chi connectivity index (χ1n) is 8.84. The third-order valence-corrected chi connectivity index (χ3v) is 6.85. The highest BCUT2D eigenvalue weighted by atomic mass is 35.5. The number of rotatable bonds is 4. The lowest BCUT2D eigenvalue weighted by atomic mass is 9.50. The molecule has 5 heteroatoms. The molecular weight excluding hydrogens is 324 g/mol. The molecule has 3 aliphatic carbocycles. The fourth-order valence-corrected chi connectivity index (χ4v) is 5.25. The largest absolute Gasteiger partial charge is 0.388 e. The lowest BCUT2D eigenvalue weighted by molar-refractivity contribution is -0.144. The van der Waals surface area contributed by atoms with Gasteiger partial charge in [-0.2, -0.15) is 5.10 Å². The van der Waals surface area contributed by atoms with Gasteiger partial charge in [-0.05, 0) is 50.7 Å². The number of fused-ring (bicyclic) bond motifs is 4. The summed E-state index contributed by atoms with van der Waals surface area (Å²) in [6, 6.07) is 3.72. The predicted molar refractivity (Wildman–Crippen MR) is 93.9 cm³/mol. The maximum Gasteiger partial charge on any atom is 0.138 e. The number of Topliss-reactive ketones (excluding diaryl/α,β-unsaturated/α-hetero) is 1. The normalized spacial score (nSPS) is 30.6. The second kappa shape index (κ2) is 5.57. The fourth-order valence-electron chi connectivity index (χ4n) is 5.01. The number of nitrogens with zero attached hydrogens (tertiary/aromatic N) is 1. The van der Waals surface area contributed by atoms with Crippen LogP contribution in [0.2, 0.25) is 5.02 Å². The van der Waals surface area contributed by atoms with E-state index in [1.807, 2.05) is 19.1 Å². The van der Waals surface area contributed by atoms with Gasteiger partial charge in [0.25, 0.3) is 0 Å². The number of aliphatic hydroxyl groups is 1. The van der Waals surface area contributed by atoms with Crippen LogP contribution in [0.5, 0.6) is 0 Å². The zero-order valence-electron chi connectivity index (χ0n) is 13.9. The Labute approximate surface area is 146 Å². The Kier molecular flexibility index (Phi) is 3.73. The molecule has 2 N–H and O–H groups in total. The summed E-state index contributed by atoms with van der Waals surface area (Å²) in [5.41, 5.74) is 1.45. The van der Waals surface area contributed by atoms with E-state index < -0.39 is 6.10 Å². The number of H-pyrrole nitrogens is 1. The van der Waals surface area contributed by atoms with Gasteiger partial charge in [-0.1, -0.05) is 18.5 Å². The quantitative estimate of drug-likeness (QED) is 0.852. The van der Waals surface area contributed by atoms with E-state index in [0.717, 1.165) is 55.0 Å². The van der Waals surface area contributed by atoms with Crippen molar-refractivity contribution in [3.05, 3.63) is 28.9 Å². The summed E-state index contributed by atoms with van der Waals surface area (Å²) in [6.45, 7) is 1.96. The average Bonchev–Trinajstić information content (AvgIpc) is 3.09. The van der Waals surface area contributed by atoms with Gasteiger partial charge in [0.2, 0.25) is 0 Å². The Hall–Kier alpha value is -1.39. The van der Waals surface area contributed by atoms with Crippen molar-refractivity contribution in [3.63, 3.8) is 0 Å². The van der Waals surface area contributed by atoms with Crippen LogP contribution in [0, 0.1) is 10.8 Å². The summed E-state index contributed by atoms with van der Waals surface area (Å²) < 4.78 is 0. The molecule has 3 fully saturated rings. The summed E-state index contributed by atoms with van der Waals surface area (Å²) in [5, 5.41) is 19.9. The van der Waals surface area contributed by atoms with E-state index in [2.05, 4.69) is 10.2 Å². The molecule has 0 spiro atoms. The molecule has 2 aromatic rings. The minimum absolute atomic E-state index is 0.117. The molecule has 0 amide bonds. The maximum absolute atomic E-state index is 12.4. The topological polar surface area (TPSA) is 66.0 Å². The van der Waals surface area contributed by atoms with Crippen molar-refractivity contribution in [1.82, 2.24) is 10.2 Å². The van der Waals surface area contributed by atoms with Crippen LogP contribution in [-0.2, 0) is 4.79 Å². The maximum atomic E-state index is 12.4. The number of carbonyl (C=O) groups is 1. The number of halogens is 1. The zero-order valence-corrected chi connectivity index (χ0v) is 14.7. The Morgan fingerprint density at radius 2 is 1.96 bits per heavy atom. The summed E-state index contributed by atoms with van der Waals surface area (Å²) in [6.07, 6.45) is 7.22. The molecule has 128 valence electrons. The third kappa shape index (κ3) is 2.23. The van der Waals surface area contributed by atoms with Gasteiger partial charge in [-0.25, -0.2) is 0 Å². The van der Waals surface area contributed by atoms with Crippen LogP contribution in [0.1, 0.15) is 63.5 Å². The number of hydrogen-bond donors (Lipinski definition) is 2. The van der Waals surface area contributed by atoms with E-state index in [9.17, 15) is 9.90 Å². The Morgan fingerprint density at radius 3 is 2.58 bits per heavy atom. The third-order valence-electron chi connectivity index (χ3n) is 6.64. The number of benzene rings is 1. The van der Waals surface area contributed by atoms with Crippen LogP contribution in [0.3, 0.4) is 0 Å². The van der Waals surface area contributed by atoms with Gasteiger partial charge in [-0.15, -0.1) is 0 Å². The van der Waals surface area contributed by atoms with Gasteiger partial charge in [0.1, 0.15) is 5.78 Å². The first kappa shape index (κ1) is 16.1. The van der Waals surface area contributed by atoms with Crippen LogP contribution >= 0.6 is 11.6 Å². The number of aromatic amines is 1. The van der Waals surface area contributed by atoms with Crippen LogP contribution < -0.4 is 0 Å². The molecular formula is C19H23ClN2O2. The van der Waals surface area contributed by atoms with Gasteiger partial charge in [0.05, 0.1) is 17.8 Å². The number of hydrogen-bond acceptors (Lipinski definition) is 3. The van der Waals surface area contributed by atoms with Gasteiger partial charge < -0.3 is 5.11 Å². The molecule has 1 unspecified atom stereocenters. The van der Waals surface area contributed by atoms with Crippen LogP contribution in [-0.4, -0.2) is 21.1 Å². The SMILES string of the molecule is CCC(=O)C12CCC(C(O)c3cc(Cl)cc4cn[nH]c34)(CC1)CC2. The van der Waals surface area contributed by atoms with Crippen molar-refractivity contribution >= 4 is 28.3 Å². The van der Waals surface area contributed by atoms with Crippen molar-refractivity contribution in [2.45, 2.75) is 58.0 Å². The minimum Gasteiger partial charge on any atom is -0.388 e. The van der Waals surface area contributed by atoms with Gasteiger partial charge in [0, 0.05) is 33.2 Å². The van der Waals surface area contributed by atoms with Crippen LogP contribution in [0.25, 0.3) is 10.9 Å². The molecule has 3 aliphatic rings.